The third-order valence-corrected chi connectivity index (χ3v) is 4.01. The molecule has 1 amide bonds. The fourth-order valence-corrected chi connectivity index (χ4v) is 2.25. The molecule has 1 aromatic carbocycles. The largest absolute Gasteiger partial charge is 0.397 e. The minimum Gasteiger partial charge on any atom is -0.397 e. The van der Waals surface area contributed by atoms with Crippen LogP contribution in [0.25, 0.3) is 0 Å². The van der Waals surface area contributed by atoms with Gasteiger partial charge in [-0.15, -0.1) is 0 Å². The molecule has 0 aliphatic rings. The summed E-state index contributed by atoms with van der Waals surface area (Å²) < 4.78 is 11.2. The average molecular weight is 283 g/mol. The van der Waals surface area contributed by atoms with Crippen molar-refractivity contribution in [3.8, 4) is 0 Å². The number of rotatable bonds is 6. The molecular formula is C13H21N3O2S. The number of anilines is 2. The van der Waals surface area contributed by atoms with Crippen LogP contribution < -0.4 is 16.0 Å². The fraction of sp³-hybridized carbons (Fsp3) is 0.462. The van der Waals surface area contributed by atoms with E-state index in [1.165, 1.54) is 0 Å². The Morgan fingerprint density at radius 1 is 1.42 bits per heavy atom. The summed E-state index contributed by atoms with van der Waals surface area (Å²) in [6, 6.07) is 5.20. The molecule has 1 rings (SSSR count). The van der Waals surface area contributed by atoms with E-state index < -0.39 is 10.8 Å². The number of hydrogen-bond donors (Lipinski definition) is 2. The van der Waals surface area contributed by atoms with Gasteiger partial charge in [-0.2, -0.15) is 0 Å². The number of benzene rings is 1. The van der Waals surface area contributed by atoms with Crippen LogP contribution in [0, 0.1) is 0 Å². The summed E-state index contributed by atoms with van der Waals surface area (Å²) in [6.07, 6.45) is 0. The highest BCUT2D eigenvalue weighted by molar-refractivity contribution is 7.84. The number of nitrogens with two attached hydrogens (primary N) is 1. The Hall–Kier alpha value is -1.56. The maximum atomic E-state index is 11.9. The van der Waals surface area contributed by atoms with Gasteiger partial charge in [0.2, 0.25) is 0 Å². The van der Waals surface area contributed by atoms with E-state index in [9.17, 15) is 9.00 Å². The molecule has 1 aromatic rings. The van der Waals surface area contributed by atoms with E-state index in [2.05, 4.69) is 5.32 Å². The molecule has 5 nitrogen and oxygen atoms in total. The van der Waals surface area contributed by atoms with Gasteiger partial charge in [-0.1, -0.05) is 6.92 Å². The summed E-state index contributed by atoms with van der Waals surface area (Å²) in [4.78, 5) is 13.8. The minimum absolute atomic E-state index is 0.190. The van der Waals surface area contributed by atoms with Crippen molar-refractivity contribution in [1.82, 2.24) is 5.32 Å². The van der Waals surface area contributed by atoms with Crippen LogP contribution in [0.5, 0.6) is 0 Å². The highest BCUT2D eigenvalue weighted by atomic mass is 32.2. The molecule has 19 heavy (non-hydrogen) atoms. The predicted octanol–water partition coefficient (Wildman–Crippen LogP) is 0.833. The van der Waals surface area contributed by atoms with E-state index in [4.69, 9.17) is 5.73 Å². The number of nitrogen functional groups attached to an aromatic ring is 1. The molecule has 0 aromatic heterocycles. The van der Waals surface area contributed by atoms with E-state index in [1.54, 1.807) is 12.1 Å². The van der Waals surface area contributed by atoms with Crippen molar-refractivity contribution in [3.05, 3.63) is 23.8 Å². The van der Waals surface area contributed by atoms with Crippen molar-refractivity contribution >= 4 is 28.1 Å². The van der Waals surface area contributed by atoms with Gasteiger partial charge in [0, 0.05) is 48.5 Å². The Morgan fingerprint density at radius 2 is 2.11 bits per heavy atom. The molecule has 0 radical (unpaired) electrons. The summed E-state index contributed by atoms with van der Waals surface area (Å²) in [5, 5.41) is 2.74. The Kier molecular flexibility index (Phi) is 5.82. The minimum atomic E-state index is -0.860. The number of nitrogens with zero attached hydrogens (tertiary/aromatic N) is 1. The number of hydrogen-bond acceptors (Lipinski definition) is 4. The first-order chi connectivity index (χ1) is 8.95. The number of carbonyl (C=O) groups excluding carboxylic acids is 1. The van der Waals surface area contributed by atoms with E-state index in [0.717, 1.165) is 5.69 Å². The second-order valence-corrected chi connectivity index (χ2v) is 6.22. The summed E-state index contributed by atoms with van der Waals surface area (Å²) >= 11 is 0. The van der Waals surface area contributed by atoms with Crippen LogP contribution in [-0.4, -0.2) is 42.3 Å². The van der Waals surface area contributed by atoms with E-state index in [-0.39, 0.29) is 5.91 Å². The maximum Gasteiger partial charge on any atom is 0.251 e. The Morgan fingerprint density at radius 3 is 2.63 bits per heavy atom. The quantitative estimate of drug-likeness (QED) is 0.758. The molecular weight excluding hydrogens is 262 g/mol. The van der Waals surface area contributed by atoms with Crippen LogP contribution in [-0.2, 0) is 10.8 Å². The molecule has 0 aliphatic heterocycles. The number of nitrogens with one attached hydrogen (secondary N) is 1. The van der Waals surface area contributed by atoms with Gasteiger partial charge in [-0.05, 0) is 18.2 Å². The summed E-state index contributed by atoms with van der Waals surface area (Å²) in [5.41, 5.74) is 7.85. The van der Waals surface area contributed by atoms with Gasteiger partial charge in [0.05, 0.1) is 11.4 Å². The third kappa shape index (κ3) is 4.55. The van der Waals surface area contributed by atoms with E-state index in [1.807, 2.05) is 32.0 Å². The Bertz CT molecular complexity index is 475. The lowest BCUT2D eigenvalue weighted by molar-refractivity contribution is 0.0956. The highest BCUT2D eigenvalue weighted by Crippen LogP contribution is 2.22. The van der Waals surface area contributed by atoms with E-state index >= 15 is 0 Å². The van der Waals surface area contributed by atoms with Crippen LogP contribution in [0.3, 0.4) is 0 Å². The lowest BCUT2D eigenvalue weighted by Gasteiger charge is -2.15. The molecule has 1 atom stereocenters. The first kappa shape index (κ1) is 15.5. The van der Waals surface area contributed by atoms with Gasteiger partial charge in [0.25, 0.3) is 5.91 Å². The van der Waals surface area contributed by atoms with Gasteiger partial charge in [0.15, 0.2) is 0 Å². The van der Waals surface area contributed by atoms with Crippen molar-refractivity contribution < 1.29 is 9.00 Å². The molecule has 0 heterocycles. The molecule has 3 N–H and O–H groups in total. The van der Waals surface area contributed by atoms with Gasteiger partial charge >= 0.3 is 0 Å². The lowest BCUT2D eigenvalue weighted by atomic mass is 10.1. The maximum absolute atomic E-state index is 11.9. The van der Waals surface area contributed by atoms with Crippen molar-refractivity contribution in [2.45, 2.75) is 6.92 Å². The molecule has 0 bridgehead atoms. The van der Waals surface area contributed by atoms with Crippen LogP contribution in [0.2, 0.25) is 0 Å². The Labute approximate surface area is 116 Å². The van der Waals surface area contributed by atoms with Gasteiger partial charge in [0.1, 0.15) is 0 Å². The molecule has 0 fully saturated rings. The van der Waals surface area contributed by atoms with Crippen LogP contribution in [0.1, 0.15) is 17.3 Å². The number of amides is 1. The zero-order valence-electron chi connectivity index (χ0n) is 11.6. The zero-order chi connectivity index (χ0) is 14.4. The average Bonchev–Trinajstić information content (AvgIpc) is 2.37. The monoisotopic (exact) mass is 283 g/mol. The summed E-state index contributed by atoms with van der Waals surface area (Å²) in [6.45, 7) is 2.27. The normalized spacial score (nSPS) is 11.9. The molecule has 1 unspecified atom stereocenters. The van der Waals surface area contributed by atoms with Crippen molar-refractivity contribution in [2.24, 2.45) is 0 Å². The van der Waals surface area contributed by atoms with Crippen LogP contribution in [0.4, 0.5) is 11.4 Å². The van der Waals surface area contributed by atoms with E-state index in [0.29, 0.717) is 29.3 Å². The second kappa shape index (κ2) is 7.13. The van der Waals surface area contributed by atoms with Gasteiger partial charge in [-0.25, -0.2) is 0 Å². The molecule has 106 valence electrons. The van der Waals surface area contributed by atoms with Crippen molar-refractivity contribution in [1.29, 1.82) is 0 Å². The Balaban J connectivity index is 2.63. The molecule has 0 saturated carbocycles. The molecule has 6 heteroatoms. The summed E-state index contributed by atoms with van der Waals surface area (Å²) in [5.74, 6) is 0.901. The van der Waals surface area contributed by atoms with Gasteiger partial charge in [-0.3, -0.25) is 9.00 Å². The fourth-order valence-electron chi connectivity index (χ4n) is 1.63. The number of carbonyl (C=O) groups is 1. The highest BCUT2D eigenvalue weighted by Gasteiger charge is 2.09. The zero-order valence-corrected chi connectivity index (χ0v) is 12.4. The van der Waals surface area contributed by atoms with Crippen LogP contribution in [0.15, 0.2) is 18.2 Å². The third-order valence-electron chi connectivity index (χ3n) is 2.71. The van der Waals surface area contributed by atoms with Gasteiger partial charge < -0.3 is 16.0 Å². The second-order valence-electron chi connectivity index (χ2n) is 4.36. The summed E-state index contributed by atoms with van der Waals surface area (Å²) in [7, 11) is 2.93. The first-order valence-electron chi connectivity index (χ1n) is 6.15. The SMILES string of the molecule is CCS(=O)CCNC(=O)c1ccc(N(C)C)c(N)c1. The smallest absolute Gasteiger partial charge is 0.251 e. The topological polar surface area (TPSA) is 75.4 Å². The van der Waals surface area contributed by atoms with Crippen molar-refractivity contribution in [3.63, 3.8) is 0 Å². The lowest BCUT2D eigenvalue weighted by Crippen LogP contribution is -2.28. The predicted molar refractivity (Wildman–Crippen MR) is 81.1 cm³/mol. The molecule has 0 saturated heterocycles. The molecule has 0 aliphatic carbocycles. The van der Waals surface area contributed by atoms with Crippen molar-refractivity contribution in [2.75, 3.05) is 42.8 Å². The van der Waals surface area contributed by atoms with Crippen LogP contribution >= 0.6 is 0 Å². The molecule has 0 spiro atoms. The first-order valence-corrected chi connectivity index (χ1v) is 7.64. The standard InChI is InChI=1S/C13H21N3O2S/c1-4-19(18)8-7-15-13(17)10-5-6-12(16(2)3)11(14)9-10/h5-6,9H,4,7-8,14H2,1-3H3,(H,15,17).